The first-order valence-corrected chi connectivity index (χ1v) is 9.10. The molecular formula is C22H15ClN2O4. The van der Waals surface area contributed by atoms with Crippen molar-refractivity contribution in [3.05, 3.63) is 76.8 Å². The molecule has 0 aliphatic carbocycles. The summed E-state index contributed by atoms with van der Waals surface area (Å²) in [5.74, 6) is -0.772. The number of ether oxygens (including phenoxy) is 1. The quantitative estimate of drug-likeness (QED) is 0.523. The van der Waals surface area contributed by atoms with Crippen LogP contribution in [0.4, 0.5) is 10.5 Å². The van der Waals surface area contributed by atoms with E-state index in [1.165, 1.54) is 18.2 Å². The minimum atomic E-state index is -0.806. The van der Waals surface area contributed by atoms with Gasteiger partial charge in [0.05, 0.1) is 12.8 Å². The van der Waals surface area contributed by atoms with E-state index in [4.69, 9.17) is 16.3 Å². The number of barbiturate groups is 1. The molecule has 3 aromatic carbocycles. The lowest BCUT2D eigenvalue weighted by Crippen LogP contribution is -2.54. The molecule has 3 aromatic rings. The maximum atomic E-state index is 13.0. The number of nitrogens with zero attached hydrogens (tertiary/aromatic N) is 1. The summed E-state index contributed by atoms with van der Waals surface area (Å²) in [6, 6.07) is 16.4. The van der Waals surface area contributed by atoms with Crippen LogP contribution in [0.25, 0.3) is 16.8 Å². The number of methoxy groups -OCH3 is 1. The molecule has 0 unspecified atom stereocenters. The lowest BCUT2D eigenvalue weighted by molar-refractivity contribution is -0.122. The second kappa shape index (κ2) is 7.41. The third-order valence-corrected chi connectivity index (χ3v) is 4.88. The van der Waals surface area contributed by atoms with Crippen molar-refractivity contribution in [3.8, 4) is 5.75 Å². The fourth-order valence-electron chi connectivity index (χ4n) is 3.24. The summed E-state index contributed by atoms with van der Waals surface area (Å²) < 4.78 is 5.38. The molecule has 1 saturated heterocycles. The SMILES string of the molecule is COc1ccc(/C=C2/C(=O)NC(=O)N(c3ccc(Cl)cc3)C2=O)c2ccccc12. The van der Waals surface area contributed by atoms with Crippen molar-refractivity contribution in [2.75, 3.05) is 12.0 Å². The van der Waals surface area contributed by atoms with Gasteiger partial charge < -0.3 is 4.74 Å². The minimum Gasteiger partial charge on any atom is -0.496 e. The van der Waals surface area contributed by atoms with Gasteiger partial charge in [-0.05, 0) is 47.4 Å². The van der Waals surface area contributed by atoms with Gasteiger partial charge in [0.25, 0.3) is 11.8 Å². The highest BCUT2D eigenvalue weighted by Gasteiger charge is 2.36. The van der Waals surface area contributed by atoms with Gasteiger partial charge in [0.15, 0.2) is 0 Å². The summed E-state index contributed by atoms with van der Waals surface area (Å²) in [5, 5.41) is 4.34. The highest BCUT2D eigenvalue weighted by Crippen LogP contribution is 2.30. The zero-order valence-corrected chi connectivity index (χ0v) is 16.1. The molecule has 4 rings (SSSR count). The van der Waals surface area contributed by atoms with Crippen molar-refractivity contribution in [3.63, 3.8) is 0 Å². The third kappa shape index (κ3) is 3.34. The Morgan fingerprint density at radius 3 is 2.31 bits per heavy atom. The monoisotopic (exact) mass is 406 g/mol. The summed E-state index contributed by atoms with van der Waals surface area (Å²) in [5.41, 5.74) is 0.829. The van der Waals surface area contributed by atoms with E-state index in [2.05, 4.69) is 5.32 Å². The van der Waals surface area contributed by atoms with Gasteiger partial charge in [-0.15, -0.1) is 0 Å². The van der Waals surface area contributed by atoms with Crippen LogP contribution in [0.2, 0.25) is 5.02 Å². The summed E-state index contributed by atoms with van der Waals surface area (Å²) in [6.45, 7) is 0. The van der Waals surface area contributed by atoms with Crippen molar-refractivity contribution in [1.82, 2.24) is 5.32 Å². The van der Waals surface area contributed by atoms with Crippen LogP contribution in [-0.2, 0) is 9.59 Å². The number of amides is 4. The largest absolute Gasteiger partial charge is 0.496 e. The predicted octanol–water partition coefficient (Wildman–Crippen LogP) is 4.17. The third-order valence-electron chi connectivity index (χ3n) is 4.62. The van der Waals surface area contributed by atoms with Crippen LogP contribution < -0.4 is 15.0 Å². The molecule has 7 heteroatoms. The summed E-state index contributed by atoms with van der Waals surface area (Å²) in [4.78, 5) is 38.6. The predicted molar refractivity (Wildman–Crippen MR) is 111 cm³/mol. The van der Waals surface area contributed by atoms with E-state index in [1.54, 1.807) is 31.4 Å². The Bertz CT molecular complexity index is 1190. The number of halogens is 1. The molecule has 1 N–H and O–H groups in total. The fourth-order valence-corrected chi connectivity index (χ4v) is 3.36. The number of carbonyl (C=O) groups is 3. The van der Waals surface area contributed by atoms with Crippen LogP contribution in [0.5, 0.6) is 5.75 Å². The molecule has 29 heavy (non-hydrogen) atoms. The van der Waals surface area contributed by atoms with Crippen molar-refractivity contribution in [2.24, 2.45) is 0 Å². The molecule has 1 aliphatic rings. The molecule has 0 atom stereocenters. The van der Waals surface area contributed by atoms with Gasteiger partial charge in [0, 0.05) is 10.4 Å². The van der Waals surface area contributed by atoms with E-state index < -0.39 is 17.8 Å². The second-order valence-electron chi connectivity index (χ2n) is 6.34. The topological polar surface area (TPSA) is 75.7 Å². The summed E-state index contributed by atoms with van der Waals surface area (Å²) >= 11 is 5.88. The number of benzene rings is 3. The number of fused-ring (bicyclic) bond motifs is 1. The van der Waals surface area contributed by atoms with Crippen LogP contribution in [0.3, 0.4) is 0 Å². The summed E-state index contributed by atoms with van der Waals surface area (Å²) in [6.07, 6.45) is 1.48. The first-order valence-electron chi connectivity index (χ1n) is 8.72. The Morgan fingerprint density at radius 1 is 0.931 bits per heavy atom. The zero-order chi connectivity index (χ0) is 20.5. The van der Waals surface area contributed by atoms with E-state index >= 15 is 0 Å². The molecule has 0 radical (unpaired) electrons. The normalized spacial score (nSPS) is 15.7. The molecule has 0 saturated carbocycles. The molecule has 0 spiro atoms. The maximum absolute atomic E-state index is 13.0. The average molecular weight is 407 g/mol. The van der Waals surface area contributed by atoms with E-state index in [9.17, 15) is 14.4 Å². The Labute approximate surface area is 171 Å². The van der Waals surface area contributed by atoms with Crippen LogP contribution in [0, 0.1) is 0 Å². The maximum Gasteiger partial charge on any atom is 0.335 e. The van der Waals surface area contributed by atoms with Gasteiger partial charge in [-0.2, -0.15) is 0 Å². The minimum absolute atomic E-state index is 0.144. The number of hydrogen-bond acceptors (Lipinski definition) is 4. The number of urea groups is 1. The zero-order valence-electron chi connectivity index (χ0n) is 15.3. The van der Waals surface area contributed by atoms with Crippen LogP contribution >= 0.6 is 11.6 Å². The van der Waals surface area contributed by atoms with Crippen LogP contribution in [-0.4, -0.2) is 25.0 Å². The van der Waals surface area contributed by atoms with Gasteiger partial charge >= 0.3 is 6.03 Å². The molecule has 1 heterocycles. The Kier molecular flexibility index (Phi) is 4.78. The van der Waals surface area contributed by atoms with Gasteiger partial charge in [-0.3, -0.25) is 14.9 Å². The molecule has 6 nitrogen and oxygen atoms in total. The van der Waals surface area contributed by atoms with E-state index in [-0.39, 0.29) is 5.57 Å². The van der Waals surface area contributed by atoms with Crippen LogP contribution in [0.15, 0.2) is 66.2 Å². The molecule has 0 bridgehead atoms. The highest BCUT2D eigenvalue weighted by atomic mass is 35.5. The number of anilines is 1. The van der Waals surface area contributed by atoms with E-state index in [1.807, 2.05) is 24.3 Å². The number of nitrogens with one attached hydrogen (secondary N) is 1. The number of carbonyl (C=O) groups excluding carboxylic acids is 3. The standard InChI is InChI=1S/C22H15ClN2O4/c1-29-19-11-6-13(16-4-2-3-5-17(16)19)12-18-20(26)24-22(28)25(21(18)27)15-9-7-14(23)8-10-15/h2-12H,1H3,(H,24,26,28)/b18-12-. The summed E-state index contributed by atoms with van der Waals surface area (Å²) in [7, 11) is 1.58. The Balaban J connectivity index is 1.82. The van der Waals surface area contributed by atoms with Crippen molar-refractivity contribution >= 4 is 52.0 Å². The van der Waals surface area contributed by atoms with E-state index in [0.29, 0.717) is 22.0 Å². The fraction of sp³-hybridized carbons (Fsp3) is 0.0455. The second-order valence-corrected chi connectivity index (χ2v) is 6.77. The van der Waals surface area contributed by atoms with Crippen LogP contribution in [0.1, 0.15) is 5.56 Å². The number of rotatable bonds is 3. The highest BCUT2D eigenvalue weighted by molar-refractivity contribution is 6.39. The van der Waals surface area contributed by atoms with Gasteiger partial charge in [0.1, 0.15) is 11.3 Å². The lowest BCUT2D eigenvalue weighted by atomic mass is 10.00. The molecule has 4 amide bonds. The van der Waals surface area contributed by atoms with Crippen molar-refractivity contribution in [2.45, 2.75) is 0 Å². The van der Waals surface area contributed by atoms with E-state index in [0.717, 1.165) is 15.7 Å². The lowest BCUT2D eigenvalue weighted by Gasteiger charge is -2.26. The first kappa shape index (κ1) is 18.7. The molecule has 1 fully saturated rings. The van der Waals surface area contributed by atoms with Gasteiger partial charge in [-0.25, -0.2) is 9.69 Å². The van der Waals surface area contributed by atoms with Gasteiger partial charge in [0.2, 0.25) is 0 Å². The molecule has 1 aliphatic heterocycles. The Morgan fingerprint density at radius 2 is 1.62 bits per heavy atom. The van der Waals surface area contributed by atoms with Crippen molar-refractivity contribution in [1.29, 1.82) is 0 Å². The molecular weight excluding hydrogens is 392 g/mol. The molecule has 144 valence electrons. The number of imide groups is 2. The van der Waals surface area contributed by atoms with Gasteiger partial charge in [-0.1, -0.05) is 41.9 Å². The van der Waals surface area contributed by atoms with Crippen molar-refractivity contribution < 1.29 is 19.1 Å². The average Bonchev–Trinajstić information content (AvgIpc) is 2.72. The smallest absolute Gasteiger partial charge is 0.335 e. The number of hydrogen-bond donors (Lipinski definition) is 1. The first-order chi connectivity index (χ1) is 14.0. The Hall–Kier alpha value is -3.64. The molecule has 0 aromatic heterocycles.